The van der Waals surface area contributed by atoms with E-state index in [1.54, 1.807) is 6.20 Å². The number of aromatic nitrogens is 3. The van der Waals surface area contributed by atoms with E-state index in [-0.39, 0.29) is 6.04 Å². The van der Waals surface area contributed by atoms with Crippen LogP contribution < -0.4 is 10.6 Å². The quantitative estimate of drug-likeness (QED) is 0.541. The highest BCUT2D eigenvalue weighted by Gasteiger charge is 2.26. The average Bonchev–Trinajstić information content (AvgIpc) is 3.29. The lowest BCUT2D eigenvalue weighted by Crippen LogP contribution is -2.30. The zero-order valence-electron chi connectivity index (χ0n) is 18.0. The molecule has 1 amide bonds. The van der Waals surface area contributed by atoms with Gasteiger partial charge in [-0.1, -0.05) is 19.3 Å². The standard InChI is InChI=1S/C24H28N6O2/c31-24(32)30-11-8-19(15-30)28-23-20-7-9-25-14-17(20)12-21(29-23)16-6-10-26-22(13-16)27-18-4-2-1-3-5-18/h6-7,9-10,12-14,18-19H,1-5,8,11,15H2,(H,26,27)(H,28,29)(H,31,32)/t19-/m0/s1. The molecule has 3 N–H and O–H groups in total. The second kappa shape index (κ2) is 8.98. The Kier molecular flexibility index (Phi) is 5.75. The van der Waals surface area contributed by atoms with Gasteiger partial charge in [0.15, 0.2) is 0 Å². The van der Waals surface area contributed by atoms with Crippen LogP contribution in [0.3, 0.4) is 0 Å². The third-order valence-corrected chi connectivity index (χ3v) is 6.44. The van der Waals surface area contributed by atoms with Crippen molar-refractivity contribution in [1.29, 1.82) is 0 Å². The lowest BCUT2D eigenvalue weighted by molar-refractivity contribution is 0.155. The van der Waals surface area contributed by atoms with Crippen molar-refractivity contribution >= 4 is 28.5 Å². The molecule has 0 radical (unpaired) electrons. The van der Waals surface area contributed by atoms with E-state index in [0.29, 0.717) is 19.1 Å². The average molecular weight is 433 g/mol. The van der Waals surface area contributed by atoms with Crippen molar-refractivity contribution in [2.24, 2.45) is 0 Å². The minimum atomic E-state index is -0.875. The molecule has 2 aliphatic rings. The van der Waals surface area contributed by atoms with Crippen molar-refractivity contribution in [2.45, 2.75) is 50.6 Å². The molecular weight excluding hydrogens is 404 g/mol. The Bertz CT molecular complexity index is 1110. The van der Waals surface area contributed by atoms with Crippen LogP contribution in [0, 0.1) is 0 Å². The van der Waals surface area contributed by atoms with E-state index in [1.165, 1.54) is 37.0 Å². The maximum Gasteiger partial charge on any atom is 0.407 e. The predicted octanol–water partition coefficient (Wildman–Crippen LogP) is 4.60. The number of hydrogen-bond acceptors (Lipinski definition) is 6. The normalized spacial score (nSPS) is 19.2. The van der Waals surface area contributed by atoms with Gasteiger partial charge in [0, 0.05) is 60.1 Å². The van der Waals surface area contributed by atoms with Crippen LogP contribution in [-0.4, -0.2) is 56.2 Å². The minimum absolute atomic E-state index is 0.0335. The second-order valence-electron chi connectivity index (χ2n) is 8.72. The van der Waals surface area contributed by atoms with Crippen molar-refractivity contribution in [1.82, 2.24) is 19.9 Å². The van der Waals surface area contributed by atoms with Gasteiger partial charge in [-0.3, -0.25) is 4.98 Å². The molecule has 8 heteroatoms. The summed E-state index contributed by atoms with van der Waals surface area (Å²) in [5, 5.41) is 18.3. The molecule has 5 rings (SSSR count). The van der Waals surface area contributed by atoms with Crippen LogP contribution in [0.5, 0.6) is 0 Å². The van der Waals surface area contributed by atoms with E-state index in [0.717, 1.165) is 40.1 Å². The van der Waals surface area contributed by atoms with E-state index in [1.807, 2.05) is 30.6 Å². The maximum absolute atomic E-state index is 11.3. The number of likely N-dealkylation sites (tertiary alicyclic amines) is 1. The first kappa shape index (κ1) is 20.5. The van der Waals surface area contributed by atoms with Gasteiger partial charge in [-0.05, 0) is 43.5 Å². The van der Waals surface area contributed by atoms with Crippen molar-refractivity contribution in [3.63, 3.8) is 0 Å². The van der Waals surface area contributed by atoms with Crippen LogP contribution in [-0.2, 0) is 0 Å². The minimum Gasteiger partial charge on any atom is -0.465 e. The summed E-state index contributed by atoms with van der Waals surface area (Å²) in [5.41, 5.74) is 1.83. The molecule has 8 nitrogen and oxygen atoms in total. The van der Waals surface area contributed by atoms with E-state index in [2.05, 4.69) is 26.7 Å². The largest absolute Gasteiger partial charge is 0.465 e. The number of nitrogens with zero attached hydrogens (tertiary/aromatic N) is 4. The van der Waals surface area contributed by atoms with Crippen molar-refractivity contribution < 1.29 is 9.90 Å². The highest BCUT2D eigenvalue weighted by molar-refractivity contribution is 5.94. The van der Waals surface area contributed by atoms with E-state index >= 15 is 0 Å². The Morgan fingerprint density at radius 2 is 1.91 bits per heavy atom. The van der Waals surface area contributed by atoms with Crippen LogP contribution >= 0.6 is 0 Å². The zero-order valence-corrected chi connectivity index (χ0v) is 18.0. The molecule has 1 aliphatic heterocycles. The van der Waals surface area contributed by atoms with E-state index in [9.17, 15) is 9.90 Å². The molecule has 0 unspecified atom stereocenters. The number of pyridine rings is 3. The van der Waals surface area contributed by atoms with Crippen molar-refractivity contribution in [3.8, 4) is 11.3 Å². The fourth-order valence-corrected chi connectivity index (χ4v) is 4.73. The van der Waals surface area contributed by atoms with Crippen LogP contribution in [0.25, 0.3) is 22.0 Å². The summed E-state index contributed by atoms with van der Waals surface area (Å²) in [5.74, 6) is 1.64. The van der Waals surface area contributed by atoms with Crippen LogP contribution in [0.15, 0.2) is 42.9 Å². The molecule has 0 aromatic carbocycles. The van der Waals surface area contributed by atoms with Gasteiger partial charge < -0.3 is 20.6 Å². The Labute approximate surface area is 187 Å². The number of nitrogens with one attached hydrogen (secondary N) is 2. The summed E-state index contributed by atoms with van der Waals surface area (Å²) in [6, 6.07) is 8.54. The summed E-state index contributed by atoms with van der Waals surface area (Å²) in [4.78, 5) is 26.5. The summed E-state index contributed by atoms with van der Waals surface area (Å²) < 4.78 is 0. The Balaban J connectivity index is 1.43. The van der Waals surface area contributed by atoms with Gasteiger partial charge in [-0.2, -0.15) is 0 Å². The molecule has 2 fully saturated rings. The Morgan fingerprint density at radius 3 is 2.72 bits per heavy atom. The van der Waals surface area contributed by atoms with Crippen LogP contribution in [0.2, 0.25) is 0 Å². The molecule has 0 spiro atoms. The lowest BCUT2D eigenvalue weighted by Gasteiger charge is -2.23. The molecule has 1 saturated carbocycles. The summed E-state index contributed by atoms with van der Waals surface area (Å²) in [6.45, 7) is 0.991. The van der Waals surface area contributed by atoms with Gasteiger partial charge in [0.25, 0.3) is 0 Å². The molecule has 3 aromatic heterocycles. The van der Waals surface area contributed by atoms with Gasteiger partial charge in [0.05, 0.1) is 5.69 Å². The number of rotatable bonds is 5. The first-order valence-corrected chi connectivity index (χ1v) is 11.4. The molecule has 4 heterocycles. The van der Waals surface area contributed by atoms with Gasteiger partial charge >= 0.3 is 6.09 Å². The fourth-order valence-electron chi connectivity index (χ4n) is 4.73. The molecular formula is C24H28N6O2. The summed E-state index contributed by atoms with van der Waals surface area (Å²) in [7, 11) is 0. The summed E-state index contributed by atoms with van der Waals surface area (Å²) >= 11 is 0. The number of carboxylic acid groups (broad SMARTS) is 1. The van der Waals surface area contributed by atoms with Crippen LogP contribution in [0.1, 0.15) is 38.5 Å². The van der Waals surface area contributed by atoms with E-state index < -0.39 is 6.09 Å². The number of anilines is 2. The van der Waals surface area contributed by atoms with Gasteiger partial charge in [-0.25, -0.2) is 14.8 Å². The highest BCUT2D eigenvalue weighted by Crippen LogP contribution is 2.30. The highest BCUT2D eigenvalue weighted by atomic mass is 16.4. The van der Waals surface area contributed by atoms with E-state index in [4.69, 9.17) is 4.98 Å². The smallest absolute Gasteiger partial charge is 0.407 e. The van der Waals surface area contributed by atoms with Crippen molar-refractivity contribution in [2.75, 3.05) is 23.7 Å². The number of hydrogen-bond donors (Lipinski definition) is 3. The fraction of sp³-hybridized carbons (Fsp3) is 0.417. The Hall–Kier alpha value is -3.42. The maximum atomic E-state index is 11.3. The molecule has 0 bridgehead atoms. The summed E-state index contributed by atoms with van der Waals surface area (Å²) in [6.07, 6.45) is 11.5. The third kappa shape index (κ3) is 4.44. The molecule has 166 valence electrons. The second-order valence-corrected chi connectivity index (χ2v) is 8.72. The van der Waals surface area contributed by atoms with Crippen molar-refractivity contribution in [3.05, 3.63) is 42.9 Å². The first-order valence-electron chi connectivity index (χ1n) is 11.4. The third-order valence-electron chi connectivity index (χ3n) is 6.44. The molecule has 1 aliphatic carbocycles. The number of fused-ring (bicyclic) bond motifs is 1. The zero-order chi connectivity index (χ0) is 21.9. The topological polar surface area (TPSA) is 103 Å². The molecule has 3 aromatic rings. The monoisotopic (exact) mass is 432 g/mol. The predicted molar refractivity (Wildman–Crippen MR) is 125 cm³/mol. The molecule has 1 saturated heterocycles. The molecule has 1 atom stereocenters. The number of amides is 1. The van der Waals surface area contributed by atoms with Crippen LogP contribution in [0.4, 0.5) is 16.4 Å². The molecule has 32 heavy (non-hydrogen) atoms. The lowest BCUT2D eigenvalue weighted by atomic mass is 9.95. The SMILES string of the molecule is O=C(O)N1CC[C@H](Nc2nc(-c3ccnc(NC4CCCCC4)c3)cc3cnccc23)C1. The first-order chi connectivity index (χ1) is 15.7. The Morgan fingerprint density at radius 1 is 1.03 bits per heavy atom. The van der Waals surface area contributed by atoms with Gasteiger partial charge in [0.1, 0.15) is 11.6 Å². The van der Waals surface area contributed by atoms with Gasteiger partial charge in [0.2, 0.25) is 0 Å². The number of carbonyl (C=O) groups is 1. The van der Waals surface area contributed by atoms with Gasteiger partial charge in [-0.15, -0.1) is 0 Å².